The molecule has 0 aliphatic rings. The van der Waals surface area contributed by atoms with Crippen molar-refractivity contribution in [1.82, 2.24) is 4.90 Å². The molecule has 2 nitrogen and oxygen atoms in total. The maximum Gasteiger partial charge on any atom is 0.223 e. The molecule has 0 saturated carbocycles. The van der Waals surface area contributed by atoms with Gasteiger partial charge in [-0.25, -0.2) is 0 Å². The Balaban J connectivity index is 3.58. The summed E-state index contributed by atoms with van der Waals surface area (Å²) in [6.07, 6.45) is 2.10. The van der Waals surface area contributed by atoms with E-state index in [1.165, 1.54) is 0 Å². The van der Waals surface area contributed by atoms with Gasteiger partial charge in [0, 0.05) is 25.9 Å². The molecule has 0 rings (SSSR count). The van der Waals surface area contributed by atoms with Gasteiger partial charge in [-0.3, -0.25) is 4.79 Å². The summed E-state index contributed by atoms with van der Waals surface area (Å²) in [5, 5.41) is 0. The third-order valence-corrected chi connectivity index (χ3v) is 1.33. The van der Waals surface area contributed by atoms with Crippen molar-refractivity contribution in [2.45, 2.75) is 6.42 Å². The van der Waals surface area contributed by atoms with Gasteiger partial charge in [0.25, 0.3) is 0 Å². The van der Waals surface area contributed by atoms with E-state index < -0.39 is 0 Å². The fourth-order valence-corrected chi connectivity index (χ4v) is 0.729. The first kappa shape index (κ1) is 9.50. The monoisotopic (exact) mass is 161 g/mol. The van der Waals surface area contributed by atoms with Gasteiger partial charge in [0.2, 0.25) is 5.91 Å². The number of hydrogen-bond donors (Lipinski definition) is 0. The SMILES string of the molecule is C=CCN(C)C(=O)CCCl. The summed E-state index contributed by atoms with van der Waals surface area (Å²) in [4.78, 5) is 12.5. The molecule has 0 N–H and O–H groups in total. The van der Waals surface area contributed by atoms with Crippen molar-refractivity contribution in [3.8, 4) is 0 Å². The van der Waals surface area contributed by atoms with Gasteiger partial charge >= 0.3 is 0 Å². The lowest BCUT2D eigenvalue weighted by Crippen LogP contribution is -2.26. The fourth-order valence-electron chi connectivity index (χ4n) is 0.567. The zero-order chi connectivity index (χ0) is 7.98. The first-order valence-corrected chi connectivity index (χ1v) is 3.66. The van der Waals surface area contributed by atoms with Crippen LogP contribution in [0.15, 0.2) is 12.7 Å². The third kappa shape index (κ3) is 3.51. The Kier molecular flexibility index (Phi) is 5.03. The van der Waals surface area contributed by atoms with Crippen LogP contribution in [0.5, 0.6) is 0 Å². The molecule has 0 aliphatic heterocycles. The molecule has 0 atom stereocenters. The Morgan fingerprint density at radius 1 is 1.80 bits per heavy atom. The second kappa shape index (κ2) is 5.30. The molecule has 58 valence electrons. The van der Waals surface area contributed by atoms with E-state index in [-0.39, 0.29) is 5.91 Å². The zero-order valence-corrected chi connectivity index (χ0v) is 6.90. The first-order chi connectivity index (χ1) is 4.72. The lowest BCUT2D eigenvalue weighted by atomic mass is 10.4. The highest BCUT2D eigenvalue weighted by atomic mass is 35.5. The summed E-state index contributed by atoms with van der Waals surface area (Å²) in [5.41, 5.74) is 0. The molecular weight excluding hydrogens is 150 g/mol. The Morgan fingerprint density at radius 3 is 2.80 bits per heavy atom. The van der Waals surface area contributed by atoms with Crippen LogP contribution >= 0.6 is 11.6 Å². The Hall–Kier alpha value is -0.500. The van der Waals surface area contributed by atoms with Gasteiger partial charge in [0.05, 0.1) is 0 Å². The minimum atomic E-state index is 0.0647. The Labute approximate surface area is 66.5 Å². The van der Waals surface area contributed by atoms with E-state index >= 15 is 0 Å². The second-order valence-electron chi connectivity index (χ2n) is 2.00. The predicted octanol–water partition coefficient (Wildman–Crippen LogP) is 1.26. The second-order valence-corrected chi connectivity index (χ2v) is 2.38. The zero-order valence-electron chi connectivity index (χ0n) is 6.14. The topological polar surface area (TPSA) is 20.3 Å². The van der Waals surface area contributed by atoms with E-state index in [1.807, 2.05) is 0 Å². The number of amides is 1. The van der Waals surface area contributed by atoms with Crippen molar-refractivity contribution < 1.29 is 4.79 Å². The van der Waals surface area contributed by atoms with Crippen LogP contribution in [0.4, 0.5) is 0 Å². The van der Waals surface area contributed by atoms with Gasteiger partial charge < -0.3 is 4.90 Å². The summed E-state index contributed by atoms with van der Waals surface area (Å²) in [6, 6.07) is 0. The van der Waals surface area contributed by atoms with Gasteiger partial charge in [-0.2, -0.15) is 0 Å². The smallest absolute Gasteiger partial charge is 0.223 e. The number of likely N-dealkylation sites (N-methyl/N-ethyl adjacent to an activating group) is 1. The van der Waals surface area contributed by atoms with Crippen LogP contribution in [-0.2, 0) is 4.79 Å². The molecule has 0 bridgehead atoms. The van der Waals surface area contributed by atoms with E-state index in [1.54, 1.807) is 18.0 Å². The van der Waals surface area contributed by atoms with Crippen molar-refractivity contribution >= 4 is 17.5 Å². The Bertz CT molecular complexity index is 125. The van der Waals surface area contributed by atoms with E-state index in [0.29, 0.717) is 18.8 Å². The summed E-state index contributed by atoms with van der Waals surface area (Å²) in [6.45, 7) is 4.11. The molecule has 0 saturated heterocycles. The van der Waals surface area contributed by atoms with Crippen LogP contribution in [-0.4, -0.2) is 30.3 Å². The Morgan fingerprint density at radius 2 is 2.40 bits per heavy atom. The normalized spacial score (nSPS) is 9.00. The number of carbonyl (C=O) groups excluding carboxylic acids is 1. The largest absolute Gasteiger partial charge is 0.342 e. The highest BCUT2D eigenvalue weighted by Gasteiger charge is 2.03. The van der Waals surface area contributed by atoms with Crippen LogP contribution in [0.2, 0.25) is 0 Å². The minimum Gasteiger partial charge on any atom is -0.342 e. The predicted molar refractivity (Wildman–Crippen MR) is 43.2 cm³/mol. The van der Waals surface area contributed by atoms with E-state index in [0.717, 1.165) is 0 Å². The van der Waals surface area contributed by atoms with Gasteiger partial charge in [-0.05, 0) is 0 Å². The van der Waals surface area contributed by atoms with Crippen molar-refractivity contribution in [2.75, 3.05) is 19.5 Å². The number of rotatable bonds is 4. The van der Waals surface area contributed by atoms with E-state index in [4.69, 9.17) is 11.6 Å². The maximum absolute atomic E-state index is 10.9. The number of nitrogens with zero attached hydrogens (tertiary/aromatic N) is 1. The van der Waals surface area contributed by atoms with Crippen LogP contribution < -0.4 is 0 Å². The molecule has 0 spiro atoms. The van der Waals surface area contributed by atoms with Gasteiger partial charge in [0.1, 0.15) is 0 Å². The van der Waals surface area contributed by atoms with Crippen molar-refractivity contribution in [1.29, 1.82) is 0 Å². The standard InChI is InChI=1S/C7H12ClNO/c1-3-6-9(2)7(10)4-5-8/h3H,1,4-6H2,2H3. The summed E-state index contributed by atoms with van der Waals surface area (Å²) < 4.78 is 0. The number of alkyl halides is 1. The molecule has 0 fully saturated rings. The van der Waals surface area contributed by atoms with Gasteiger partial charge in [0.15, 0.2) is 0 Å². The number of carbonyl (C=O) groups is 1. The molecule has 0 aromatic carbocycles. The molecule has 10 heavy (non-hydrogen) atoms. The summed E-state index contributed by atoms with van der Waals surface area (Å²) >= 11 is 5.37. The summed E-state index contributed by atoms with van der Waals surface area (Å²) in [7, 11) is 1.73. The first-order valence-electron chi connectivity index (χ1n) is 3.13. The quantitative estimate of drug-likeness (QED) is 0.449. The van der Waals surface area contributed by atoms with Crippen LogP contribution in [0.3, 0.4) is 0 Å². The van der Waals surface area contributed by atoms with Crippen molar-refractivity contribution in [3.05, 3.63) is 12.7 Å². The number of hydrogen-bond acceptors (Lipinski definition) is 1. The number of halogens is 1. The molecule has 0 unspecified atom stereocenters. The highest BCUT2D eigenvalue weighted by Crippen LogP contribution is 1.92. The van der Waals surface area contributed by atoms with Crippen LogP contribution in [0.1, 0.15) is 6.42 Å². The van der Waals surface area contributed by atoms with Gasteiger partial charge in [-0.1, -0.05) is 6.08 Å². The molecule has 0 radical (unpaired) electrons. The molecular formula is C7H12ClNO. The minimum absolute atomic E-state index is 0.0647. The molecule has 0 heterocycles. The molecule has 0 aromatic heterocycles. The van der Waals surface area contributed by atoms with Gasteiger partial charge in [-0.15, -0.1) is 18.2 Å². The average molecular weight is 162 g/mol. The summed E-state index contributed by atoms with van der Waals surface area (Å²) in [5.74, 6) is 0.454. The lowest BCUT2D eigenvalue weighted by molar-refractivity contribution is -0.128. The molecule has 1 amide bonds. The molecule has 3 heteroatoms. The average Bonchev–Trinajstić information content (AvgIpc) is 1.89. The molecule has 0 aromatic rings. The fraction of sp³-hybridized carbons (Fsp3) is 0.571. The highest BCUT2D eigenvalue weighted by molar-refractivity contribution is 6.18. The van der Waals surface area contributed by atoms with E-state index in [2.05, 4.69) is 6.58 Å². The van der Waals surface area contributed by atoms with E-state index in [9.17, 15) is 4.79 Å². The van der Waals surface area contributed by atoms with Crippen molar-refractivity contribution in [2.24, 2.45) is 0 Å². The van der Waals surface area contributed by atoms with Crippen molar-refractivity contribution in [3.63, 3.8) is 0 Å². The van der Waals surface area contributed by atoms with Crippen LogP contribution in [0, 0.1) is 0 Å². The molecule has 0 aliphatic carbocycles. The lowest BCUT2D eigenvalue weighted by Gasteiger charge is -2.12. The van der Waals surface area contributed by atoms with Crippen LogP contribution in [0.25, 0.3) is 0 Å². The third-order valence-electron chi connectivity index (χ3n) is 1.14. The maximum atomic E-state index is 10.9.